The highest BCUT2D eigenvalue weighted by Crippen LogP contribution is 2.18. The molecule has 0 spiro atoms. The molecule has 0 saturated heterocycles. The summed E-state index contributed by atoms with van der Waals surface area (Å²) in [4.78, 5) is 13.9. The van der Waals surface area contributed by atoms with Crippen LogP contribution < -0.4 is 5.32 Å². The molecule has 1 aliphatic carbocycles. The number of rotatable bonds is 6. The Morgan fingerprint density at radius 3 is 3.17 bits per heavy atom. The summed E-state index contributed by atoms with van der Waals surface area (Å²) in [7, 11) is 2.15. The average molecular weight is 245 g/mol. The van der Waals surface area contributed by atoms with Crippen molar-refractivity contribution in [3.8, 4) is 0 Å². The Labute approximate surface area is 107 Å². The zero-order valence-electron chi connectivity index (χ0n) is 10.7. The Hall–Kier alpha value is -1.46. The van der Waals surface area contributed by atoms with E-state index in [1.54, 1.807) is 6.33 Å². The predicted octanol–water partition coefficient (Wildman–Crippen LogP) is 1.14. The Morgan fingerprint density at radius 1 is 1.44 bits per heavy atom. The third kappa shape index (κ3) is 2.68. The lowest BCUT2D eigenvalue weighted by atomic mass is 10.2. The van der Waals surface area contributed by atoms with Crippen LogP contribution in [0.3, 0.4) is 0 Å². The van der Waals surface area contributed by atoms with Crippen LogP contribution in [0.1, 0.15) is 18.4 Å². The fraction of sp³-hybridized carbons (Fsp3) is 0.538. The number of aromatic amines is 1. The number of aromatic nitrogens is 3. The molecule has 5 nitrogen and oxygen atoms in total. The second-order valence-electron chi connectivity index (χ2n) is 5.04. The van der Waals surface area contributed by atoms with Crippen molar-refractivity contribution < 1.29 is 0 Å². The van der Waals surface area contributed by atoms with Crippen molar-refractivity contribution in [3.05, 3.63) is 24.2 Å². The minimum atomic E-state index is 0.790. The lowest BCUT2D eigenvalue weighted by Crippen LogP contribution is -2.30. The number of imidazole rings is 1. The van der Waals surface area contributed by atoms with Crippen LogP contribution in [0, 0.1) is 0 Å². The summed E-state index contributed by atoms with van der Waals surface area (Å²) in [6, 6.07) is 2.85. The van der Waals surface area contributed by atoms with Gasteiger partial charge >= 0.3 is 0 Å². The third-order valence-corrected chi connectivity index (χ3v) is 3.36. The molecule has 0 aromatic carbocycles. The van der Waals surface area contributed by atoms with Gasteiger partial charge in [0.15, 0.2) is 5.65 Å². The van der Waals surface area contributed by atoms with Gasteiger partial charge in [0.1, 0.15) is 0 Å². The number of H-pyrrole nitrogens is 1. The second kappa shape index (κ2) is 5.04. The highest BCUT2D eigenvalue weighted by molar-refractivity contribution is 5.73. The van der Waals surface area contributed by atoms with Gasteiger partial charge in [-0.3, -0.25) is 0 Å². The van der Waals surface area contributed by atoms with Crippen LogP contribution in [0.15, 0.2) is 18.6 Å². The molecule has 2 heterocycles. The van der Waals surface area contributed by atoms with Crippen LogP contribution >= 0.6 is 0 Å². The zero-order valence-corrected chi connectivity index (χ0v) is 10.7. The molecule has 0 unspecified atom stereocenters. The lowest BCUT2D eigenvalue weighted by Gasteiger charge is -2.17. The van der Waals surface area contributed by atoms with E-state index in [9.17, 15) is 0 Å². The zero-order chi connectivity index (χ0) is 12.4. The Balaban J connectivity index is 1.58. The van der Waals surface area contributed by atoms with Crippen molar-refractivity contribution in [3.63, 3.8) is 0 Å². The highest BCUT2D eigenvalue weighted by Gasteiger charge is 2.19. The molecule has 0 aliphatic heterocycles. The van der Waals surface area contributed by atoms with Gasteiger partial charge in [0.25, 0.3) is 0 Å². The molecule has 2 aromatic rings. The molecule has 1 aliphatic rings. The van der Waals surface area contributed by atoms with Crippen molar-refractivity contribution in [2.45, 2.75) is 25.4 Å². The third-order valence-electron chi connectivity index (χ3n) is 3.36. The molecule has 18 heavy (non-hydrogen) atoms. The summed E-state index contributed by atoms with van der Waals surface area (Å²) in [5, 5.41) is 3.53. The van der Waals surface area contributed by atoms with Crippen LogP contribution in [-0.4, -0.2) is 46.0 Å². The molecule has 5 heteroatoms. The number of pyridine rings is 1. The van der Waals surface area contributed by atoms with Crippen molar-refractivity contribution in [1.82, 2.24) is 25.2 Å². The quantitative estimate of drug-likeness (QED) is 0.801. The van der Waals surface area contributed by atoms with Gasteiger partial charge in [-0.25, -0.2) is 9.97 Å². The van der Waals surface area contributed by atoms with Crippen molar-refractivity contribution in [2.24, 2.45) is 0 Å². The summed E-state index contributed by atoms with van der Waals surface area (Å²) in [6.45, 7) is 3.06. The first-order valence-corrected chi connectivity index (χ1v) is 6.52. The maximum Gasteiger partial charge on any atom is 0.177 e. The van der Waals surface area contributed by atoms with Gasteiger partial charge in [0.05, 0.1) is 11.8 Å². The fourth-order valence-corrected chi connectivity index (χ4v) is 2.15. The topological polar surface area (TPSA) is 56.8 Å². The monoisotopic (exact) mass is 245 g/mol. The molecule has 2 aromatic heterocycles. The van der Waals surface area contributed by atoms with E-state index < -0.39 is 0 Å². The smallest absolute Gasteiger partial charge is 0.177 e. The largest absolute Gasteiger partial charge is 0.343 e. The van der Waals surface area contributed by atoms with E-state index in [4.69, 9.17) is 0 Å². The number of hydrogen-bond acceptors (Lipinski definition) is 4. The molecule has 0 radical (unpaired) electrons. The summed E-state index contributed by atoms with van der Waals surface area (Å²) in [5.41, 5.74) is 3.11. The summed E-state index contributed by atoms with van der Waals surface area (Å²) in [6.07, 6.45) is 6.23. The molecule has 0 bridgehead atoms. The summed E-state index contributed by atoms with van der Waals surface area (Å²) < 4.78 is 0. The van der Waals surface area contributed by atoms with Gasteiger partial charge in [0, 0.05) is 31.9 Å². The minimum Gasteiger partial charge on any atom is -0.343 e. The average Bonchev–Trinajstić information content (AvgIpc) is 3.05. The molecule has 96 valence electrons. The van der Waals surface area contributed by atoms with Gasteiger partial charge in [0.2, 0.25) is 0 Å². The molecular weight excluding hydrogens is 226 g/mol. The van der Waals surface area contributed by atoms with Crippen molar-refractivity contribution >= 4 is 11.2 Å². The number of likely N-dealkylation sites (N-methyl/N-ethyl adjacent to an activating group) is 1. The van der Waals surface area contributed by atoms with E-state index in [0.29, 0.717) is 0 Å². The van der Waals surface area contributed by atoms with E-state index in [2.05, 4.69) is 38.3 Å². The maximum absolute atomic E-state index is 4.23. The molecular formula is C13H19N5. The van der Waals surface area contributed by atoms with Crippen LogP contribution in [0.2, 0.25) is 0 Å². The molecule has 2 N–H and O–H groups in total. The first-order valence-electron chi connectivity index (χ1n) is 6.52. The Morgan fingerprint density at radius 2 is 2.33 bits per heavy atom. The molecule has 3 rings (SSSR count). The van der Waals surface area contributed by atoms with E-state index >= 15 is 0 Å². The minimum absolute atomic E-state index is 0.790. The van der Waals surface area contributed by atoms with Crippen molar-refractivity contribution in [2.75, 3.05) is 20.1 Å². The van der Waals surface area contributed by atoms with Gasteiger partial charge in [-0.15, -0.1) is 0 Å². The Bertz CT molecular complexity index is 517. The van der Waals surface area contributed by atoms with Gasteiger partial charge in [-0.2, -0.15) is 0 Å². The normalized spacial score (nSPS) is 15.7. The Kier molecular flexibility index (Phi) is 3.25. The molecule has 0 amide bonds. The van der Waals surface area contributed by atoms with Crippen LogP contribution in [0.5, 0.6) is 0 Å². The van der Waals surface area contributed by atoms with E-state index in [0.717, 1.165) is 36.8 Å². The first-order chi connectivity index (χ1) is 8.83. The molecule has 1 saturated carbocycles. The van der Waals surface area contributed by atoms with E-state index in [1.807, 2.05) is 6.20 Å². The predicted molar refractivity (Wildman–Crippen MR) is 71.2 cm³/mol. The van der Waals surface area contributed by atoms with Crippen LogP contribution in [0.25, 0.3) is 11.2 Å². The summed E-state index contributed by atoms with van der Waals surface area (Å²) in [5.74, 6) is 0. The number of nitrogens with zero attached hydrogens (tertiary/aromatic N) is 3. The van der Waals surface area contributed by atoms with Gasteiger partial charge in [-0.05, 0) is 31.5 Å². The number of hydrogen-bond donors (Lipinski definition) is 2. The highest BCUT2D eigenvalue weighted by atomic mass is 15.1. The van der Waals surface area contributed by atoms with Gasteiger partial charge < -0.3 is 15.2 Å². The maximum atomic E-state index is 4.23. The SMILES string of the molecule is CN(CCNC1CC1)Cc1ccnc2nc[nH]c12. The first kappa shape index (κ1) is 11.6. The lowest BCUT2D eigenvalue weighted by molar-refractivity contribution is 0.325. The second-order valence-corrected chi connectivity index (χ2v) is 5.04. The van der Waals surface area contributed by atoms with E-state index in [1.165, 1.54) is 18.4 Å². The number of fused-ring (bicyclic) bond motifs is 1. The fourth-order valence-electron chi connectivity index (χ4n) is 2.15. The van der Waals surface area contributed by atoms with Crippen molar-refractivity contribution in [1.29, 1.82) is 0 Å². The van der Waals surface area contributed by atoms with Crippen LogP contribution in [0.4, 0.5) is 0 Å². The summed E-state index contributed by atoms with van der Waals surface area (Å²) >= 11 is 0. The van der Waals surface area contributed by atoms with Crippen LogP contribution in [-0.2, 0) is 6.54 Å². The standard InChI is InChI=1S/C13H19N5/c1-18(7-6-14-11-2-3-11)8-10-4-5-15-13-12(10)16-9-17-13/h4-5,9,11,14H,2-3,6-8H2,1H3,(H,15,16,17). The molecule has 1 fully saturated rings. The van der Waals surface area contributed by atoms with E-state index in [-0.39, 0.29) is 0 Å². The number of nitrogens with one attached hydrogen (secondary N) is 2. The molecule has 0 atom stereocenters. The van der Waals surface area contributed by atoms with Gasteiger partial charge in [-0.1, -0.05) is 0 Å².